The summed E-state index contributed by atoms with van der Waals surface area (Å²) in [5, 5.41) is 8.62. The van der Waals surface area contributed by atoms with E-state index in [1.54, 1.807) is 6.08 Å². The maximum absolute atomic E-state index is 8.62. The largest absolute Gasteiger partial charge is 0.379 e. The van der Waals surface area contributed by atoms with E-state index in [-0.39, 0.29) is 0 Å². The molecule has 0 aliphatic carbocycles. The number of nitriles is 1. The molecule has 0 amide bonds. The zero-order valence-electron chi connectivity index (χ0n) is 13.0. The van der Waals surface area contributed by atoms with Gasteiger partial charge in [-0.3, -0.25) is 0 Å². The van der Waals surface area contributed by atoms with Crippen molar-refractivity contribution in [1.82, 2.24) is 4.23 Å². The molecule has 0 N–H and O–H groups in total. The Balaban J connectivity index is 3.30. The Morgan fingerprint density at radius 1 is 1.11 bits per heavy atom. The maximum Gasteiger partial charge on any atom is 0.168 e. The topological polar surface area (TPSA) is 28.7 Å². The van der Waals surface area contributed by atoms with Gasteiger partial charge in [0.15, 0.2) is 8.24 Å². The fraction of sp³-hybridized carbons (Fsp3) is 0.562. The van der Waals surface area contributed by atoms with E-state index in [4.69, 9.17) is 5.26 Å². The van der Waals surface area contributed by atoms with Gasteiger partial charge in [0, 0.05) is 12.3 Å². The van der Waals surface area contributed by atoms with Gasteiger partial charge in [-0.25, -0.2) is 0 Å². The summed E-state index contributed by atoms with van der Waals surface area (Å²) in [6, 6.07) is 4.17. The minimum absolute atomic E-state index is 0.688. The Kier molecular flexibility index (Phi) is 5.19. The standard InChI is InChI=1S/C16H26N2Si/c1-13(2)19(14(3)4,15(5)6)18-11-9-16(12-18)8-7-10-17/h7-9,11-15H,1-6H3/b8-7+. The molecule has 0 spiro atoms. The Morgan fingerprint density at radius 3 is 2.05 bits per heavy atom. The van der Waals surface area contributed by atoms with Crippen LogP contribution in [0.3, 0.4) is 0 Å². The van der Waals surface area contributed by atoms with E-state index in [0.29, 0.717) is 16.6 Å². The molecule has 0 fully saturated rings. The Morgan fingerprint density at radius 2 is 1.63 bits per heavy atom. The van der Waals surface area contributed by atoms with Crippen LogP contribution >= 0.6 is 0 Å². The van der Waals surface area contributed by atoms with Crippen LogP contribution in [0.4, 0.5) is 0 Å². The number of hydrogen-bond acceptors (Lipinski definition) is 1. The quantitative estimate of drug-likeness (QED) is 0.545. The minimum atomic E-state index is -1.62. The molecule has 0 aliphatic rings. The Labute approximate surface area is 118 Å². The van der Waals surface area contributed by atoms with Gasteiger partial charge in [0.05, 0.1) is 6.07 Å². The lowest BCUT2D eigenvalue weighted by atomic mass is 10.3. The highest BCUT2D eigenvalue weighted by molar-refractivity contribution is 6.82. The average molecular weight is 274 g/mol. The van der Waals surface area contributed by atoms with Gasteiger partial charge >= 0.3 is 0 Å². The SMILES string of the molecule is CC(C)[Si](C(C)C)(C(C)C)n1ccc(/C=C/C#N)c1. The lowest BCUT2D eigenvalue weighted by molar-refractivity contribution is 0.765. The molecule has 2 nitrogen and oxygen atoms in total. The van der Waals surface area contributed by atoms with Gasteiger partial charge in [0.2, 0.25) is 0 Å². The molecule has 104 valence electrons. The van der Waals surface area contributed by atoms with Crippen molar-refractivity contribution >= 4 is 14.3 Å². The summed E-state index contributed by atoms with van der Waals surface area (Å²) >= 11 is 0. The second kappa shape index (κ2) is 6.25. The van der Waals surface area contributed by atoms with Crippen LogP contribution in [-0.2, 0) is 0 Å². The van der Waals surface area contributed by atoms with Crippen LogP contribution in [0.1, 0.15) is 47.1 Å². The third kappa shape index (κ3) is 2.84. The predicted molar refractivity (Wildman–Crippen MR) is 85.5 cm³/mol. The van der Waals surface area contributed by atoms with Crippen molar-refractivity contribution in [3.05, 3.63) is 30.1 Å². The van der Waals surface area contributed by atoms with E-state index in [9.17, 15) is 0 Å². The molecule has 19 heavy (non-hydrogen) atoms. The fourth-order valence-corrected chi connectivity index (χ4v) is 10.3. The molecule has 0 saturated carbocycles. The van der Waals surface area contributed by atoms with E-state index in [2.05, 4.69) is 70.3 Å². The summed E-state index contributed by atoms with van der Waals surface area (Å²) in [4.78, 5) is 0. The van der Waals surface area contributed by atoms with Crippen molar-refractivity contribution in [2.24, 2.45) is 0 Å². The molecule has 3 heteroatoms. The van der Waals surface area contributed by atoms with E-state index >= 15 is 0 Å². The summed E-state index contributed by atoms with van der Waals surface area (Å²) in [5.74, 6) is 0. The van der Waals surface area contributed by atoms with Crippen molar-refractivity contribution < 1.29 is 0 Å². The molecule has 1 rings (SSSR count). The second-order valence-corrected chi connectivity index (χ2v) is 11.9. The first-order valence-electron chi connectivity index (χ1n) is 7.12. The number of rotatable bonds is 5. The van der Waals surface area contributed by atoms with Gasteiger partial charge < -0.3 is 4.23 Å². The summed E-state index contributed by atoms with van der Waals surface area (Å²) in [6.45, 7) is 14.1. The number of nitrogens with zero attached hydrogens (tertiary/aromatic N) is 2. The molecular weight excluding hydrogens is 248 g/mol. The molecular formula is C16H26N2Si. The van der Waals surface area contributed by atoms with E-state index in [1.165, 1.54) is 0 Å². The van der Waals surface area contributed by atoms with Gasteiger partial charge in [-0.2, -0.15) is 5.26 Å². The molecule has 0 unspecified atom stereocenters. The van der Waals surface area contributed by atoms with Crippen LogP contribution in [0.5, 0.6) is 0 Å². The monoisotopic (exact) mass is 274 g/mol. The number of aromatic nitrogens is 1. The normalized spacial score (nSPS) is 12.8. The summed E-state index contributed by atoms with van der Waals surface area (Å²) < 4.78 is 2.49. The molecule has 0 aliphatic heterocycles. The highest BCUT2D eigenvalue weighted by Gasteiger charge is 2.44. The van der Waals surface area contributed by atoms with Crippen molar-refractivity contribution in [3.8, 4) is 6.07 Å². The van der Waals surface area contributed by atoms with Gasteiger partial charge in [-0.05, 0) is 40.5 Å². The molecule has 0 saturated heterocycles. The molecule has 1 heterocycles. The van der Waals surface area contributed by atoms with E-state index in [1.807, 2.05) is 6.08 Å². The molecule has 0 bridgehead atoms. The van der Waals surface area contributed by atoms with Gasteiger partial charge in [-0.1, -0.05) is 41.5 Å². The van der Waals surface area contributed by atoms with Crippen LogP contribution in [0.25, 0.3) is 6.08 Å². The zero-order valence-corrected chi connectivity index (χ0v) is 14.0. The number of hydrogen-bond donors (Lipinski definition) is 0. The third-order valence-electron chi connectivity index (χ3n) is 4.29. The predicted octanol–water partition coefficient (Wildman–Crippen LogP) is 5.05. The Bertz CT molecular complexity index is 453. The van der Waals surface area contributed by atoms with Crippen molar-refractivity contribution in [1.29, 1.82) is 5.26 Å². The lowest BCUT2D eigenvalue weighted by Crippen LogP contribution is -2.51. The first-order valence-corrected chi connectivity index (χ1v) is 9.29. The Hall–Kier alpha value is -1.27. The lowest BCUT2D eigenvalue weighted by Gasteiger charge is -2.44. The number of allylic oxidation sites excluding steroid dienone is 1. The van der Waals surface area contributed by atoms with Crippen molar-refractivity contribution in [3.63, 3.8) is 0 Å². The minimum Gasteiger partial charge on any atom is -0.379 e. The third-order valence-corrected chi connectivity index (χ3v) is 11.0. The van der Waals surface area contributed by atoms with Crippen LogP contribution < -0.4 is 0 Å². The first-order chi connectivity index (χ1) is 8.87. The maximum atomic E-state index is 8.62. The first kappa shape index (κ1) is 15.8. The molecule has 0 aromatic carbocycles. The molecule has 1 aromatic heterocycles. The van der Waals surface area contributed by atoms with Crippen LogP contribution in [0.15, 0.2) is 24.5 Å². The summed E-state index contributed by atoms with van der Waals surface area (Å²) in [6.07, 6.45) is 7.86. The molecule has 0 radical (unpaired) electrons. The molecule has 0 atom stereocenters. The average Bonchev–Trinajstić information content (AvgIpc) is 2.74. The van der Waals surface area contributed by atoms with Crippen molar-refractivity contribution in [2.45, 2.75) is 58.2 Å². The highest BCUT2D eigenvalue weighted by Crippen LogP contribution is 2.42. The smallest absolute Gasteiger partial charge is 0.168 e. The van der Waals surface area contributed by atoms with Gasteiger partial charge in [-0.15, -0.1) is 0 Å². The summed E-state index contributed by atoms with van der Waals surface area (Å²) in [5.41, 5.74) is 3.19. The second-order valence-electron chi connectivity index (χ2n) is 6.17. The zero-order chi connectivity index (χ0) is 14.6. The molecule has 1 aromatic rings. The van der Waals surface area contributed by atoms with Gasteiger partial charge in [0.25, 0.3) is 0 Å². The van der Waals surface area contributed by atoms with Crippen molar-refractivity contribution in [2.75, 3.05) is 0 Å². The van der Waals surface area contributed by atoms with E-state index in [0.717, 1.165) is 5.56 Å². The van der Waals surface area contributed by atoms with Gasteiger partial charge in [0.1, 0.15) is 0 Å². The fourth-order valence-electron chi connectivity index (χ4n) is 3.78. The van der Waals surface area contributed by atoms with Crippen LogP contribution in [-0.4, -0.2) is 12.5 Å². The van der Waals surface area contributed by atoms with Crippen LogP contribution in [0.2, 0.25) is 16.6 Å². The van der Waals surface area contributed by atoms with E-state index < -0.39 is 8.24 Å². The highest BCUT2D eigenvalue weighted by atomic mass is 28.3. The van der Waals surface area contributed by atoms with Crippen LogP contribution in [0, 0.1) is 11.3 Å². The summed E-state index contributed by atoms with van der Waals surface area (Å²) in [7, 11) is -1.62.